The molecular formula is C10H17F2NO2S. The lowest BCUT2D eigenvalue weighted by molar-refractivity contribution is -0.0419. The van der Waals surface area contributed by atoms with Crippen molar-refractivity contribution >= 4 is 9.84 Å². The van der Waals surface area contributed by atoms with Gasteiger partial charge >= 0.3 is 0 Å². The van der Waals surface area contributed by atoms with E-state index < -0.39 is 22.3 Å². The Hall–Kier alpha value is -0.230. The number of nitrogens with zero attached hydrogens (tertiary/aromatic N) is 1. The van der Waals surface area contributed by atoms with Crippen LogP contribution in [0.3, 0.4) is 0 Å². The Bertz CT molecular complexity index is 331. The van der Waals surface area contributed by atoms with E-state index in [4.69, 9.17) is 0 Å². The van der Waals surface area contributed by atoms with E-state index in [1.54, 1.807) is 4.90 Å². The predicted octanol–water partition coefficient (Wildman–Crippen LogP) is 1.15. The average Bonchev–Trinajstić information content (AvgIpc) is 2.13. The molecule has 0 aromatic heterocycles. The van der Waals surface area contributed by atoms with Gasteiger partial charge in [0.15, 0.2) is 0 Å². The highest BCUT2D eigenvalue weighted by Gasteiger charge is 2.37. The van der Waals surface area contributed by atoms with Crippen molar-refractivity contribution < 1.29 is 17.2 Å². The second kappa shape index (κ2) is 4.56. The average molecular weight is 253 g/mol. The van der Waals surface area contributed by atoms with E-state index in [-0.39, 0.29) is 17.4 Å². The van der Waals surface area contributed by atoms with Crippen LogP contribution in [0.25, 0.3) is 0 Å². The highest BCUT2D eigenvalue weighted by molar-refractivity contribution is 7.91. The number of rotatable bonds is 3. The lowest BCUT2D eigenvalue weighted by atomic mass is 9.96. The molecule has 2 aliphatic heterocycles. The third-order valence-electron chi connectivity index (χ3n) is 3.64. The van der Waals surface area contributed by atoms with Crippen molar-refractivity contribution in [3.05, 3.63) is 0 Å². The van der Waals surface area contributed by atoms with E-state index >= 15 is 0 Å². The summed E-state index contributed by atoms with van der Waals surface area (Å²) in [5.41, 5.74) is 0. The van der Waals surface area contributed by atoms with E-state index in [9.17, 15) is 17.2 Å². The molecule has 2 rings (SSSR count). The molecule has 1 atom stereocenters. The van der Waals surface area contributed by atoms with Gasteiger partial charge in [-0.25, -0.2) is 17.2 Å². The smallest absolute Gasteiger partial charge is 0.253 e. The number of hydrogen-bond donors (Lipinski definition) is 0. The molecular weight excluding hydrogens is 236 g/mol. The topological polar surface area (TPSA) is 37.4 Å². The minimum atomic E-state index is -2.84. The summed E-state index contributed by atoms with van der Waals surface area (Å²) in [7, 11) is -2.84. The zero-order valence-electron chi connectivity index (χ0n) is 9.11. The van der Waals surface area contributed by atoms with Gasteiger partial charge < -0.3 is 0 Å². The van der Waals surface area contributed by atoms with Gasteiger partial charge in [0.05, 0.1) is 17.5 Å². The van der Waals surface area contributed by atoms with E-state index in [0.29, 0.717) is 25.8 Å². The lowest BCUT2D eigenvalue weighted by Gasteiger charge is -2.42. The normalized spacial score (nSPS) is 31.6. The van der Waals surface area contributed by atoms with Gasteiger partial charge in [0.25, 0.3) is 6.43 Å². The van der Waals surface area contributed by atoms with E-state index in [1.807, 2.05) is 0 Å². The summed E-state index contributed by atoms with van der Waals surface area (Å²) in [4.78, 5) is 1.80. The molecule has 3 nitrogen and oxygen atoms in total. The molecule has 2 aliphatic rings. The molecule has 0 aromatic rings. The number of alkyl halides is 2. The largest absolute Gasteiger partial charge is 0.295 e. The van der Waals surface area contributed by atoms with Crippen LogP contribution in [-0.2, 0) is 9.84 Å². The van der Waals surface area contributed by atoms with Crippen LogP contribution in [0.1, 0.15) is 19.3 Å². The van der Waals surface area contributed by atoms with E-state index in [0.717, 1.165) is 6.54 Å². The fourth-order valence-electron chi connectivity index (χ4n) is 2.43. The van der Waals surface area contributed by atoms with Crippen LogP contribution in [0.4, 0.5) is 8.78 Å². The molecule has 2 fully saturated rings. The third-order valence-corrected chi connectivity index (χ3v) is 5.35. The number of hydrogen-bond acceptors (Lipinski definition) is 3. The first-order chi connectivity index (χ1) is 7.48. The molecule has 94 valence electrons. The van der Waals surface area contributed by atoms with Gasteiger partial charge in [0, 0.05) is 13.1 Å². The second-order valence-corrected chi connectivity index (χ2v) is 7.08. The van der Waals surface area contributed by atoms with E-state index in [1.165, 1.54) is 0 Å². The summed E-state index contributed by atoms with van der Waals surface area (Å²) in [6, 6.07) is -0.585. The minimum absolute atomic E-state index is 0.227. The van der Waals surface area contributed by atoms with Crippen molar-refractivity contribution in [1.82, 2.24) is 4.90 Å². The predicted molar refractivity (Wildman–Crippen MR) is 57.4 cm³/mol. The van der Waals surface area contributed by atoms with Gasteiger partial charge in [-0.1, -0.05) is 0 Å². The molecule has 0 saturated carbocycles. The lowest BCUT2D eigenvalue weighted by Crippen LogP contribution is -2.53. The summed E-state index contributed by atoms with van der Waals surface area (Å²) in [5, 5.41) is 0. The van der Waals surface area contributed by atoms with Gasteiger partial charge in [0.1, 0.15) is 9.84 Å². The molecule has 0 bridgehead atoms. The van der Waals surface area contributed by atoms with Crippen LogP contribution in [0, 0.1) is 5.92 Å². The fourth-order valence-corrected chi connectivity index (χ4v) is 4.01. The standard InChI is InChI=1S/C10H17F2NO2S/c11-10(12)9-1-4-13(9)7-8-2-5-16(14,15)6-3-8/h8-10H,1-7H2. The third kappa shape index (κ3) is 2.71. The maximum absolute atomic E-state index is 12.5. The van der Waals surface area contributed by atoms with Crippen molar-refractivity contribution in [3.63, 3.8) is 0 Å². The second-order valence-electron chi connectivity index (χ2n) is 4.78. The fraction of sp³-hybridized carbons (Fsp3) is 1.00. The van der Waals surface area contributed by atoms with Crippen LogP contribution in [0.2, 0.25) is 0 Å². The van der Waals surface area contributed by atoms with Crippen molar-refractivity contribution in [2.75, 3.05) is 24.6 Å². The summed E-state index contributed by atoms with van der Waals surface area (Å²) in [5.74, 6) is 0.737. The zero-order valence-corrected chi connectivity index (χ0v) is 9.93. The summed E-state index contributed by atoms with van der Waals surface area (Å²) in [6.07, 6.45) is -0.423. The highest BCUT2D eigenvalue weighted by Crippen LogP contribution is 2.28. The number of sulfone groups is 1. The molecule has 0 radical (unpaired) electrons. The van der Waals surface area contributed by atoms with Crippen molar-refractivity contribution in [2.45, 2.75) is 31.7 Å². The summed E-state index contributed by atoms with van der Waals surface area (Å²) in [6.45, 7) is 1.38. The van der Waals surface area contributed by atoms with Crippen LogP contribution < -0.4 is 0 Å². The molecule has 2 heterocycles. The van der Waals surface area contributed by atoms with Crippen LogP contribution >= 0.6 is 0 Å². The molecule has 16 heavy (non-hydrogen) atoms. The Morgan fingerprint density at radius 2 is 1.81 bits per heavy atom. The van der Waals surface area contributed by atoms with Crippen molar-refractivity contribution in [1.29, 1.82) is 0 Å². The van der Waals surface area contributed by atoms with Gasteiger partial charge in [-0.05, 0) is 25.2 Å². The van der Waals surface area contributed by atoms with Crippen LogP contribution in [0.5, 0.6) is 0 Å². The van der Waals surface area contributed by atoms with Crippen LogP contribution in [0.15, 0.2) is 0 Å². The first-order valence-corrected chi connectivity index (χ1v) is 7.53. The summed E-state index contributed by atoms with van der Waals surface area (Å²) < 4.78 is 47.3. The Morgan fingerprint density at radius 3 is 2.25 bits per heavy atom. The first-order valence-electron chi connectivity index (χ1n) is 5.70. The van der Waals surface area contributed by atoms with E-state index in [2.05, 4.69) is 0 Å². The first kappa shape index (κ1) is 12.2. The van der Waals surface area contributed by atoms with Gasteiger partial charge in [0.2, 0.25) is 0 Å². The molecule has 0 amide bonds. The Morgan fingerprint density at radius 1 is 1.19 bits per heavy atom. The molecule has 6 heteroatoms. The summed E-state index contributed by atoms with van der Waals surface area (Å²) >= 11 is 0. The SMILES string of the molecule is O=S1(=O)CCC(CN2CCC2C(F)F)CC1. The minimum Gasteiger partial charge on any atom is -0.295 e. The quantitative estimate of drug-likeness (QED) is 0.757. The van der Waals surface area contributed by atoms with Crippen molar-refractivity contribution in [3.8, 4) is 0 Å². The molecule has 0 N–H and O–H groups in total. The molecule has 0 aliphatic carbocycles. The Labute approximate surface area is 94.7 Å². The monoisotopic (exact) mass is 253 g/mol. The van der Waals surface area contributed by atoms with Gasteiger partial charge in [-0.3, -0.25) is 4.90 Å². The Kier molecular flexibility index (Phi) is 3.49. The molecule has 2 saturated heterocycles. The zero-order chi connectivity index (χ0) is 11.8. The molecule has 0 aromatic carbocycles. The van der Waals surface area contributed by atoms with Crippen LogP contribution in [-0.4, -0.2) is 50.4 Å². The van der Waals surface area contributed by atoms with Gasteiger partial charge in [-0.2, -0.15) is 0 Å². The molecule has 0 spiro atoms. The molecule has 1 unspecified atom stereocenters. The number of likely N-dealkylation sites (tertiary alicyclic amines) is 1. The highest BCUT2D eigenvalue weighted by atomic mass is 32.2. The van der Waals surface area contributed by atoms with Gasteiger partial charge in [-0.15, -0.1) is 0 Å². The number of halogens is 2. The Balaban J connectivity index is 1.79. The maximum atomic E-state index is 12.5. The maximum Gasteiger partial charge on any atom is 0.253 e. The van der Waals surface area contributed by atoms with Crippen molar-refractivity contribution in [2.24, 2.45) is 5.92 Å².